The molecule has 0 aromatic rings. The summed E-state index contributed by atoms with van der Waals surface area (Å²) in [4.78, 5) is 13.4. The fraction of sp³-hybridized carbons (Fsp3) is 0.818. The maximum atomic E-state index is 11.5. The summed E-state index contributed by atoms with van der Waals surface area (Å²) in [7, 11) is 0. The van der Waals surface area contributed by atoms with Crippen LogP contribution in [0.25, 0.3) is 0 Å². The van der Waals surface area contributed by atoms with E-state index >= 15 is 0 Å². The van der Waals surface area contributed by atoms with Gasteiger partial charge in [-0.3, -0.25) is 4.79 Å². The fourth-order valence-electron chi connectivity index (χ4n) is 1.35. The van der Waals surface area contributed by atoms with Gasteiger partial charge in [0, 0.05) is 32.5 Å². The monoisotopic (exact) mass is 211 g/mol. The van der Waals surface area contributed by atoms with Gasteiger partial charge in [-0.2, -0.15) is 5.26 Å². The Kier molecular flexibility index (Phi) is 8.79. The van der Waals surface area contributed by atoms with Crippen molar-refractivity contribution in [1.29, 1.82) is 5.26 Å². The number of hydrogen-bond acceptors (Lipinski definition) is 3. The number of unbranched alkanes of at least 4 members (excludes halogenated alkanes) is 1. The molecule has 15 heavy (non-hydrogen) atoms. The van der Waals surface area contributed by atoms with Crippen molar-refractivity contribution in [3.8, 4) is 6.07 Å². The van der Waals surface area contributed by atoms with E-state index in [0.717, 1.165) is 26.1 Å². The van der Waals surface area contributed by atoms with Gasteiger partial charge in [-0.15, -0.1) is 0 Å². The molecule has 0 heterocycles. The van der Waals surface area contributed by atoms with Gasteiger partial charge < -0.3 is 10.2 Å². The lowest BCUT2D eigenvalue weighted by Crippen LogP contribution is -2.33. The third kappa shape index (κ3) is 6.92. The molecular weight excluding hydrogens is 190 g/mol. The van der Waals surface area contributed by atoms with Crippen molar-refractivity contribution in [2.75, 3.05) is 26.2 Å². The Hall–Kier alpha value is -1.08. The van der Waals surface area contributed by atoms with Crippen LogP contribution in [-0.4, -0.2) is 37.0 Å². The van der Waals surface area contributed by atoms with Crippen molar-refractivity contribution in [2.24, 2.45) is 0 Å². The molecule has 0 atom stereocenters. The van der Waals surface area contributed by atoms with E-state index in [2.05, 4.69) is 11.4 Å². The average molecular weight is 211 g/mol. The molecule has 0 aromatic carbocycles. The van der Waals surface area contributed by atoms with Gasteiger partial charge in [-0.25, -0.2) is 0 Å². The largest absolute Gasteiger partial charge is 0.343 e. The SMILES string of the molecule is CCN(CC)C(=O)CCNCCCC#N. The summed E-state index contributed by atoms with van der Waals surface area (Å²) in [6, 6.07) is 2.09. The molecule has 86 valence electrons. The number of nitrogens with one attached hydrogen (secondary N) is 1. The van der Waals surface area contributed by atoms with Crippen LogP contribution in [0.3, 0.4) is 0 Å². The highest BCUT2D eigenvalue weighted by molar-refractivity contribution is 5.76. The molecule has 0 unspecified atom stereocenters. The lowest BCUT2D eigenvalue weighted by atomic mass is 10.3. The van der Waals surface area contributed by atoms with Crippen LogP contribution in [0, 0.1) is 11.3 Å². The summed E-state index contributed by atoms with van der Waals surface area (Å²) < 4.78 is 0. The van der Waals surface area contributed by atoms with Gasteiger partial charge in [0.2, 0.25) is 5.91 Å². The van der Waals surface area contributed by atoms with E-state index < -0.39 is 0 Å². The molecule has 0 rings (SSSR count). The molecule has 0 fully saturated rings. The van der Waals surface area contributed by atoms with Crippen molar-refractivity contribution >= 4 is 5.91 Å². The van der Waals surface area contributed by atoms with E-state index in [1.165, 1.54) is 0 Å². The third-order valence-corrected chi connectivity index (χ3v) is 2.27. The van der Waals surface area contributed by atoms with Crippen LogP contribution in [0.15, 0.2) is 0 Å². The maximum absolute atomic E-state index is 11.5. The Morgan fingerprint density at radius 3 is 2.53 bits per heavy atom. The summed E-state index contributed by atoms with van der Waals surface area (Å²) in [5, 5.41) is 11.5. The molecule has 0 saturated heterocycles. The second-order valence-electron chi connectivity index (χ2n) is 3.33. The van der Waals surface area contributed by atoms with Gasteiger partial charge in [-0.1, -0.05) is 0 Å². The molecule has 0 aromatic heterocycles. The molecule has 0 aliphatic heterocycles. The summed E-state index contributed by atoms with van der Waals surface area (Å²) >= 11 is 0. The van der Waals surface area contributed by atoms with Crippen LogP contribution in [-0.2, 0) is 4.79 Å². The summed E-state index contributed by atoms with van der Waals surface area (Å²) in [6.07, 6.45) is 1.99. The zero-order valence-electron chi connectivity index (χ0n) is 9.75. The van der Waals surface area contributed by atoms with Crippen LogP contribution in [0.1, 0.15) is 33.1 Å². The third-order valence-electron chi connectivity index (χ3n) is 2.27. The molecule has 0 bridgehead atoms. The van der Waals surface area contributed by atoms with E-state index in [9.17, 15) is 4.79 Å². The molecule has 1 amide bonds. The van der Waals surface area contributed by atoms with Crippen LogP contribution < -0.4 is 5.32 Å². The standard InChI is InChI=1S/C11H21N3O/c1-3-14(4-2)11(15)7-10-13-9-6-5-8-12/h13H,3-7,9-10H2,1-2H3. The Morgan fingerprint density at radius 1 is 1.33 bits per heavy atom. The average Bonchev–Trinajstić information content (AvgIpc) is 2.25. The minimum atomic E-state index is 0.202. The summed E-state index contributed by atoms with van der Waals surface area (Å²) in [5.74, 6) is 0.202. The van der Waals surface area contributed by atoms with Gasteiger partial charge >= 0.3 is 0 Å². The number of carbonyl (C=O) groups excluding carboxylic acids is 1. The first-order chi connectivity index (χ1) is 7.26. The van der Waals surface area contributed by atoms with Crippen molar-refractivity contribution in [1.82, 2.24) is 10.2 Å². The Labute approximate surface area is 92.3 Å². The minimum absolute atomic E-state index is 0.202. The second-order valence-corrected chi connectivity index (χ2v) is 3.33. The Morgan fingerprint density at radius 2 is 2.00 bits per heavy atom. The Bertz CT molecular complexity index is 206. The predicted octanol–water partition coefficient (Wildman–Crippen LogP) is 1.14. The first kappa shape index (κ1) is 13.9. The van der Waals surface area contributed by atoms with Crippen LogP contribution in [0.2, 0.25) is 0 Å². The number of nitriles is 1. The van der Waals surface area contributed by atoms with Crippen molar-refractivity contribution < 1.29 is 4.79 Å². The van der Waals surface area contributed by atoms with Crippen LogP contribution in [0.5, 0.6) is 0 Å². The highest BCUT2D eigenvalue weighted by Gasteiger charge is 2.07. The lowest BCUT2D eigenvalue weighted by molar-refractivity contribution is -0.130. The molecule has 0 saturated carbocycles. The van der Waals surface area contributed by atoms with Crippen LogP contribution in [0.4, 0.5) is 0 Å². The van der Waals surface area contributed by atoms with Crippen molar-refractivity contribution in [3.63, 3.8) is 0 Å². The van der Waals surface area contributed by atoms with E-state index in [1.54, 1.807) is 0 Å². The molecule has 0 aliphatic carbocycles. The van der Waals surface area contributed by atoms with Gasteiger partial charge in [0.05, 0.1) is 6.07 Å². The second kappa shape index (κ2) is 9.47. The van der Waals surface area contributed by atoms with Gasteiger partial charge in [0.15, 0.2) is 0 Å². The molecule has 4 nitrogen and oxygen atoms in total. The minimum Gasteiger partial charge on any atom is -0.343 e. The number of carbonyl (C=O) groups is 1. The fourth-order valence-corrected chi connectivity index (χ4v) is 1.35. The quantitative estimate of drug-likeness (QED) is 0.612. The number of hydrogen-bond donors (Lipinski definition) is 1. The Balaban J connectivity index is 3.43. The van der Waals surface area contributed by atoms with E-state index in [4.69, 9.17) is 5.26 Å². The summed E-state index contributed by atoms with van der Waals surface area (Å²) in [5.41, 5.74) is 0. The molecule has 0 radical (unpaired) electrons. The lowest BCUT2D eigenvalue weighted by Gasteiger charge is -2.18. The summed E-state index contributed by atoms with van der Waals surface area (Å²) in [6.45, 7) is 7.07. The zero-order valence-corrected chi connectivity index (χ0v) is 9.75. The normalized spacial score (nSPS) is 9.67. The first-order valence-electron chi connectivity index (χ1n) is 5.61. The topological polar surface area (TPSA) is 56.1 Å². The molecule has 4 heteroatoms. The number of amides is 1. The van der Waals surface area contributed by atoms with Gasteiger partial charge in [0.25, 0.3) is 0 Å². The number of nitrogens with zero attached hydrogens (tertiary/aromatic N) is 2. The first-order valence-corrected chi connectivity index (χ1v) is 5.61. The maximum Gasteiger partial charge on any atom is 0.223 e. The molecule has 0 aliphatic rings. The van der Waals surface area contributed by atoms with E-state index in [0.29, 0.717) is 19.4 Å². The van der Waals surface area contributed by atoms with Gasteiger partial charge in [-0.05, 0) is 26.8 Å². The highest BCUT2D eigenvalue weighted by atomic mass is 16.2. The molecule has 0 spiro atoms. The zero-order chi connectivity index (χ0) is 11.5. The van der Waals surface area contributed by atoms with E-state index in [-0.39, 0.29) is 5.91 Å². The number of rotatable bonds is 8. The predicted molar refractivity (Wildman–Crippen MR) is 60.3 cm³/mol. The van der Waals surface area contributed by atoms with Crippen molar-refractivity contribution in [2.45, 2.75) is 33.1 Å². The highest BCUT2D eigenvalue weighted by Crippen LogP contribution is 1.92. The van der Waals surface area contributed by atoms with Crippen LogP contribution >= 0.6 is 0 Å². The smallest absolute Gasteiger partial charge is 0.223 e. The molecular formula is C11H21N3O. The van der Waals surface area contributed by atoms with Crippen molar-refractivity contribution in [3.05, 3.63) is 0 Å². The molecule has 1 N–H and O–H groups in total. The van der Waals surface area contributed by atoms with E-state index in [1.807, 2.05) is 18.7 Å². The van der Waals surface area contributed by atoms with Gasteiger partial charge in [0.1, 0.15) is 0 Å².